The SMILES string of the molecule is O=C(NCc1ccc(F)cc1)[C@@H]1Cc2cc(C(F)(F)F)ccc2N2CCN(Cc3ccc(F)cc3)C[C@H]12. The summed E-state index contributed by atoms with van der Waals surface area (Å²) in [6, 6.07) is 15.6. The number of carbonyl (C=O) groups is 1. The maximum absolute atomic E-state index is 13.4. The van der Waals surface area contributed by atoms with E-state index in [0.717, 1.165) is 28.9 Å². The van der Waals surface area contributed by atoms with Crippen LogP contribution < -0.4 is 10.2 Å². The quantitative estimate of drug-likeness (QED) is 0.477. The van der Waals surface area contributed by atoms with Gasteiger partial charge in [0.25, 0.3) is 0 Å². The van der Waals surface area contributed by atoms with E-state index in [2.05, 4.69) is 10.2 Å². The van der Waals surface area contributed by atoms with Crippen LogP contribution in [0.25, 0.3) is 0 Å². The molecule has 0 unspecified atom stereocenters. The number of halogens is 5. The largest absolute Gasteiger partial charge is 0.416 e. The number of anilines is 1. The van der Waals surface area contributed by atoms with Crippen molar-refractivity contribution in [1.82, 2.24) is 10.2 Å². The predicted octanol–water partition coefficient (Wildman–Crippen LogP) is 5.16. The first-order valence-electron chi connectivity index (χ1n) is 12.1. The topological polar surface area (TPSA) is 35.6 Å². The van der Waals surface area contributed by atoms with Gasteiger partial charge in [-0.2, -0.15) is 13.2 Å². The fourth-order valence-electron chi connectivity index (χ4n) is 5.27. The highest BCUT2D eigenvalue weighted by Gasteiger charge is 2.42. The maximum Gasteiger partial charge on any atom is 0.416 e. The molecule has 2 aliphatic rings. The highest BCUT2D eigenvalue weighted by atomic mass is 19.4. The molecule has 0 bridgehead atoms. The fourth-order valence-corrected chi connectivity index (χ4v) is 5.27. The zero-order valence-electron chi connectivity index (χ0n) is 19.9. The van der Waals surface area contributed by atoms with Crippen LogP contribution in [0.1, 0.15) is 22.3 Å². The van der Waals surface area contributed by atoms with Gasteiger partial charge in [-0.05, 0) is 65.6 Å². The van der Waals surface area contributed by atoms with Gasteiger partial charge in [0, 0.05) is 38.4 Å². The standard InChI is InChI=1S/C28H26F5N3O/c29-22-6-1-18(2-7-22)15-34-27(37)24-14-20-13-21(28(31,32)33)5-10-25(20)36-12-11-35(17-26(24)36)16-19-3-8-23(30)9-4-19/h1-10,13,24,26H,11-12,14-17H2,(H,34,37)/t24-,26-/m1/s1. The third kappa shape index (κ3) is 5.61. The van der Waals surface area contributed by atoms with Crippen molar-refractivity contribution in [2.24, 2.45) is 5.92 Å². The molecule has 2 heterocycles. The van der Waals surface area contributed by atoms with Crippen molar-refractivity contribution in [3.05, 3.63) is 101 Å². The molecule has 0 saturated carbocycles. The summed E-state index contributed by atoms with van der Waals surface area (Å²) in [5, 5.41) is 2.90. The van der Waals surface area contributed by atoms with Gasteiger partial charge in [-0.15, -0.1) is 0 Å². The number of hydrogen-bond acceptors (Lipinski definition) is 3. The van der Waals surface area contributed by atoms with Crippen LogP contribution in [-0.4, -0.2) is 36.5 Å². The van der Waals surface area contributed by atoms with Crippen molar-refractivity contribution in [2.75, 3.05) is 24.5 Å². The van der Waals surface area contributed by atoms with E-state index >= 15 is 0 Å². The van der Waals surface area contributed by atoms with E-state index in [1.165, 1.54) is 30.3 Å². The Hall–Kier alpha value is -3.46. The molecule has 194 valence electrons. The number of piperazine rings is 1. The third-order valence-electron chi connectivity index (χ3n) is 7.16. The van der Waals surface area contributed by atoms with E-state index in [0.29, 0.717) is 31.7 Å². The summed E-state index contributed by atoms with van der Waals surface area (Å²) in [5.74, 6) is -1.52. The van der Waals surface area contributed by atoms with Gasteiger partial charge < -0.3 is 10.2 Å². The van der Waals surface area contributed by atoms with Gasteiger partial charge in [-0.25, -0.2) is 8.78 Å². The second kappa shape index (κ2) is 10.1. The number of hydrogen-bond donors (Lipinski definition) is 1. The normalized spacial score (nSPS) is 19.8. The number of alkyl halides is 3. The Morgan fingerprint density at radius 2 is 1.54 bits per heavy atom. The zero-order chi connectivity index (χ0) is 26.2. The summed E-state index contributed by atoms with van der Waals surface area (Å²) in [6.07, 6.45) is -4.29. The molecular formula is C28H26F5N3O. The first kappa shape index (κ1) is 25.2. The highest BCUT2D eigenvalue weighted by molar-refractivity contribution is 5.82. The van der Waals surface area contributed by atoms with E-state index < -0.39 is 17.7 Å². The van der Waals surface area contributed by atoms with E-state index in [1.807, 2.05) is 4.90 Å². The first-order chi connectivity index (χ1) is 17.7. The van der Waals surface area contributed by atoms with E-state index in [1.54, 1.807) is 24.3 Å². The molecule has 5 rings (SSSR count). The molecule has 1 saturated heterocycles. The lowest BCUT2D eigenvalue weighted by Crippen LogP contribution is -2.60. The molecule has 3 aromatic carbocycles. The van der Waals surface area contributed by atoms with Crippen LogP contribution in [0.2, 0.25) is 0 Å². The Balaban J connectivity index is 1.39. The molecule has 9 heteroatoms. The van der Waals surface area contributed by atoms with Crippen LogP contribution in [0.3, 0.4) is 0 Å². The molecule has 1 N–H and O–H groups in total. The number of nitrogens with zero attached hydrogens (tertiary/aromatic N) is 2. The maximum atomic E-state index is 13.4. The molecule has 2 atom stereocenters. The van der Waals surface area contributed by atoms with Gasteiger partial charge in [-0.3, -0.25) is 9.69 Å². The highest BCUT2D eigenvalue weighted by Crippen LogP contribution is 2.40. The summed E-state index contributed by atoms with van der Waals surface area (Å²) in [7, 11) is 0. The summed E-state index contributed by atoms with van der Waals surface area (Å²) in [5.41, 5.74) is 2.16. The zero-order valence-corrected chi connectivity index (χ0v) is 19.9. The van der Waals surface area contributed by atoms with Gasteiger partial charge in [0.2, 0.25) is 5.91 Å². The summed E-state index contributed by atoms with van der Waals surface area (Å²) >= 11 is 0. The van der Waals surface area contributed by atoms with Gasteiger partial charge in [0.1, 0.15) is 11.6 Å². The number of nitrogens with one attached hydrogen (secondary N) is 1. The lowest BCUT2D eigenvalue weighted by Gasteiger charge is -2.49. The van der Waals surface area contributed by atoms with Crippen molar-refractivity contribution in [1.29, 1.82) is 0 Å². The van der Waals surface area contributed by atoms with Crippen molar-refractivity contribution in [3.63, 3.8) is 0 Å². The van der Waals surface area contributed by atoms with E-state index in [4.69, 9.17) is 0 Å². The molecule has 4 nitrogen and oxygen atoms in total. The smallest absolute Gasteiger partial charge is 0.365 e. The minimum atomic E-state index is -4.47. The Morgan fingerprint density at radius 1 is 0.892 bits per heavy atom. The Kier molecular flexibility index (Phi) is 6.90. The predicted molar refractivity (Wildman–Crippen MR) is 130 cm³/mol. The minimum absolute atomic E-state index is 0.181. The molecule has 0 aromatic heterocycles. The van der Waals surface area contributed by atoms with Gasteiger partial charge >= 0.3 is 6.18 Å². The lowest BCUT2D eigenvalue weighted by molar-refractivity contribution is -0.137. The molecule has 2 aliphatic heterocycles. The summed E-state index contributed by atoms with van der Waals surface area (Å²) < 4.78 is 66.8. The van der Waals surface area contributed by atoms with Crippen LogP contribution in [0.5, 0.6) is 0 Å². The van der Waals surface area contributed by atoms with Crippen LogP contribution in [-0.2, 0) is 30.5 Å². The monoisotopic (exact) mass is 515 g/mol. The molecule has 3 aromatic rings. The first-order valence-corrected chi connectivity index (χ1v) is 12.1. The summed E-state index contributed by atoms with van der Waals surface area (Å²) in [6.45, 7) is 2.50. The number of amides is 1. The van der Waals surface area contributed by atoms with Crippen LogP contribution >= 0.6 is 0 Å². The molecule has 0 radical (unpaired) electrons. The third-order valence-corrected chi connectivity index (χ3v) is 7.16. The summed E-state index contributed by atoms with van der Waals surface area (Å²) in [4.78, 5) is 17.6. The second-order valence-corrected chi connectivity index (χ2v) is 9.62. The Labute approximate surface area is 211 Å². The van der Waals surface area contributed by atoms with Crippen molar-refractivity contribution >= 4 is 11.6 Å². The van der Waals surface area contributed by atoms with Gasteiger partial charge in [0.15, 0.2) is 0 Å². The number of carbonyl (C=O) groups excluding carboxylic acids is 1. The van der Waals surface area contributed by atoms with Gasteiger partial charge in [-0.1, -0.05) is 24.3 Å². The van der Waals surface area contributed by atoms with E-state index in [9.17, 15) is 26.7 Å². The molecular weight excluding hydrogens is 489 g/mol. The number of fused-ring (bicyclic) bond motifs is 3. The average Bonchev–Trinajstić information content (AvgIpc) is 2.88. The van der Waals surface area contributed by atoms with Crippen LogP contribution in [0.15, 0.2) is 66.7 Å². The Bertz CT molecular complexity index is 1260. The molecule has 0 spiro atoms. The molecule has 0 aliphatic carbocycles. The lowest BCUT2D eigenvalue weighted by atomic mass is 9.82. The van der Waals surface area contributed by atoms with Crippen molar-refractivity contribution in [2.45, 2.75) is 31.7 Å². The number of rotatable bonds is 5. The average molecular weight is 516 g/mol. The van der Waals surface area contributed by atoms with Crippen LogP contribution in [0.4, 0.5) is 27.6 Å². The number of benzene rings is 3. The Morgan fingerprint density at radius 3 is 2.19 bits per heavy atom. The van der Waals surface area contributed by atoms with Crippen LogP contribution in [0, 0.1) is 17.6 Å². The van der Waals surface area contributed by atoms with Gasteiger partial charge in [0.05, 0.1) is 17.5 Å². The minimum Gasteiger partial charge on any atom is -0.365 e. The van der Waals surface area contributed by atoms with Crippen molar-refractivity contribution < 1.29 is 26.7 Å². The second-order valence-electron chi connectivity index (χ2n) is 9.62. The van der Waals surface area contributed by atoms with E-state index in [-0.39, 0.29) is 36.5 Å². The van der Waals surface area contributed by atoms with Crippen molar-refractivity contribution in [3.8, 4) is 0 Å². The fraction of sp³-hybridized carbons (Fsp3) is 0.321. The molecule has 1 amide bonds. The molecule has 37 heavy (non-hydrogen) atoms. The molecule has 1 fully saturated rings.